The third kappa shape index (κ3) is 2.44. The molecule has 1 heteroatoms. The van der Waals surface area contributed by atoms with Crippen molar-refractivity contribution in [2.75, 3.05) is 0 Å². The summed E-state index contributed by atoms with van der Waals surface area (Å²) in [5.74, 6) is 0.480. The van der Waals surface area contributed by atoms with E-state index in [1.54, 1.807) is 0 Å². The molecule has 3 aromatic carbocycles. The molecule has 0 heterocycles. The number of rotatable bonds is 2. The molecule has 0 aliphatic carbocycles. The fourth-order valence-electron chi connectivity index (χ4n) is 2.64. The zero-order chi connectivity index (χ0) is 14.1. The first-order valence-corrected chi connectivity index (χ1v) is 7.31. The van der Waals surface area contributed by atoms with E-state index >= 15 is 0 Å². The van der Waals surface area contributed by atoms with E-state index in [-0.39, 0.29) is 0 Å². The molecule has 0 saturated heterocycles. The van der Waals surface area contributed by atoms with Crippen molar-refractivity contribution >= 4 is 22.4 Å². The van der Waals surface area contributed by atoms with Crippen LogP contribution in [0, 0.1) is 0 Å². The van der Waals surface area contributed by atoms with Crippen molar-refractivity contribution in [1.82, 2.24) is 0 Å². The average Bonchev–Trinajstić information content (AvgIpc) is 2.46. The molecule has 3 aromatic rings. The number of halogens is 1. The maximum absolute atomic E-state index is 6.19. The first kappa shape index (κ1) is 13.2. The fourth-order valence-corrected chi connectivity index (χ4v) is 2.81. The molecule has 0 nitrogen and oxygen atoms in total. The summed E-state index contributed by atoms with van der Waals surface area (Å²) in [5, 5.41) is 3.32. The molecule has 0 fully saturated rings. The lowest BCUT2D eigenvalue weighted by Crippen LogP contribution is -1.92. The van der Waals surface area contributed by atoms with E-state index in [1.807, 2.05) is 6.07 Å². The van der Waals surface area contributed by atoms with Crippen molar-refractivity contribution in [2.45, 2.75) is 19.8 Å². The van der Waals surface area contributed by atoms with Gasteiger partial charge in [-0.3, -0.25) is 0 Å². The van der Waals surface area contributed by atoms with Gasteiger partial charge < -0.3 is 0 Å². The predicted molar refractivity (Wildman–Crippen MR) is 88.5 cm³/mol. The maximum atomic E-state index is 6.19. The molecule has 0 aliphatic rings. The SMILES string of the molecule is CC(C)c1ccc(Cl)cc1-c1ccc2ccccc2c1. The average molecular weight is 281 g/mol. The van der Waals surface area contributed by atoms with Crippen LogP contribution in [0.1, 0.15) is 25.3 Å². The molecule has 0 unspecified atom stereocenters. The first-order chi connectivity index (χ1) is 9.65. The molecule has 0 saturated carbocycles. The summed E-state index contributed by atoms with van der Waals surface area (Å²) >= 11 is 6.19. The van der Waals surface area contributed by atoms with E-state index in [0.29, 0.717) is 5.92 Å². The molecule has 0 radical (unpaired) electrons. The fraction of sp³-hybridized carbons (Fsp3) is 0.158. The Morgan fingerprint density at radius 1 is 0.800 bits per heavy atom. The highest BCUT2D eigenvalue weighted by Gasteiger charge is 2.09. The van der Waals surface area contributed by atoms with Gasteiger partial charge in [-0.05, 0) is 51.6 Å². The monoisotopic (exact) mass is 280 g/mol. The molecular formula is C19H17Cl. The standard InChI is InChI=1S/C19H17Cl/c1-13(2)18-10-9-17(20)12-19(18)16-8-7-14-5-3-4-6-15(14)11-16/h3-13H,1-2H3. The summed E-state index contributed by atoms with van der Waals surface area (Å²) < 4.78 is 0. The molecule has 0 bridgehead atoms. The smallest absolute Gasteiger partial charge is 0.0412 e. The van der Waals surface area contributed by atoms with E-state index in [9.17, 15) is 0 Å². The maximum Gasteiger partial charge on any atom is 0.0412 e. The Labute approximate surface area is 125 Å². The van der Waals surface area contributed by atoms with Crippen LogP contribution in [0.3, 0.4) is 0 Å². The Hall–Kier alpha value is -1.79. The van der Waals surface area contributed by atoms with E-state index in [0.717, 1.165) is 5.02 Å². The van der Waals surface area contributed by atoms with Crippen LogP contribution in [0.25, 0.3) is 21.9 Å². The van der Waals surface area contributed by atoms with Crippen molar-refractivity contribution in [3.8, 4) is 11.1 Å². The lowest BCUT2D eigenvalue weighted by Gasteiger charge is -2.14. The Bertz CT molecular complexity index is 757. The lowest BCUT2D eigenvalue weighted by atomic mass is 9.91. The largest absolute Gasteiger partial charge is 0.0843 e. The first-order valence-electron chi connectivity index (χ1n) is 6.94. The van der Waals surface area contributed by atoms with Gasteiger partial charge in [-0.15, -0.1) is 0 Å². The Balaban J connectivity index is 2.22. The van der Waals surface area contributed by atoms with Gasteiger partial charge in [0, 0.05) is 5.02 Å². The third-order valence-electron chi connectivity index (χ3n) is 3.70. The van der Waals surface area contributed by atoms with E-state index < -0.39 is 0 Å². The molecule has 0 N–H and O–H groups in total. The van der Waals surface area contributed by atoms with E-state index in [1.165, 1.54) is 27.5 Å². The molecule has 20 heavy (non-hydrogen) atoms. The number of hydrogen-bond donors (Lipinski definition) is 0. The Kier molecular flexibility index (Phi) is 3.50. The minimum Gasteiger partial charge on any atom is -0.0843 e. The van der Waals surface area contributed by atoms with E-state index in [4.69, 9.17) is 11.6 Å². The normalized spacial score (nSPS) is 11.2. The van der Waals surface area contributed by atoms with Crippen LogP contribution in [0.5, 0.6) is 0 Å². The van der Waals surface area contributed by atoms with Gasteiger partial charge in [-0.1, -0.05) is 67.9 Å². The summed E-state index contributed by atoms with van der Waals surface area (Å²) in [4.78, 5) is 0. The summed E-state index contributed by atoms with van der Waals surface area (Å²) in [6.07, 6.45) is 0. The molecular weight excluding hydrogens is 264 g/mol. The Morgan fingerprint density at radius 2 is 1.55 bits per heavy atom. The van der Waals surface area contributed by atoms with E-state index in [2.05, 4.69) is 68.4 Å². The van der Waals surface area contributed by atoms with Crippen molar-refractivity contribution in [3.63, 3.8) is 0 Å². The highest BCUT2D eigenvalue weighted by Crippen LogP contribution is 2.33. The number of hydrogen-bond acceptors (Lipinski definition) is 0. The van der Waals surface area contributed by atoms with Crippen LogP contribution in [-0.2, 0) is 0 Å². The van der Waals surface area contributed by atoms with Crippen LogP contribution in [0.15, 0.2) is 60.7 Å². The van der Waals surface area contributed by atoms with Gasteiger partial charge in [0.25, 0.3) is 0 Å². The molecule has 0 spiro atoms. The summed E-state index contributed by atoms with van der Waals surface area (Å²) in [6.45, 7) is 4.43. The lowest BCUT2D eigenvalue weighted by molar-refractivity contribution is 0.869. The van der Waals surface area contributed by atoms with Crippen LogP contribution < -0.4 is 0 Å². The molecule has 0 amide bonds. The highest BCUT2D eigenvalue weighted by molar-refractivity contribution is 6.30. The predicted octanol–water partition coefficient (Wildman–Crippen LogP) is 6.28. The van der Waals surface area contributed by atoms with Crippen LogP contribution in [0.2, 0.25) is 5.02 Å². The highest BCUT2D eigenvalue weighted by atomic mass is 35.5. The van der Waals surface area contributed by atoms with Gasteiger partial charge in [-0.25, -0.2) is 0 Å². The zero-order valence-corrected chi connectivity index (χ0v) is 12.5. The van der Waals surface area contributed by atoms with Crippen LogP contribution in [0.4, 0.5) is 0 Å². The van der Waals surface area contributed by atoms with Gasteiger partial charge in [0.1, 0.15) is 0 Å². The van der Waals surface area contributed by atoms with Crippen molar-refractivity contribution < 1.29 is 0 Å². The topological polar surface area (TPSA) is 0 Å². The third-order valence-corrected chi connectivity index (χ3v) is 3.93. The summed E-state index contributed by atoms with van der Waals surface area (Å²) in [5.41, 5.74) is 3.80. The van der Waals surface area contributed by atoms with Crippen molar-refractivity contribution in [3.05, 3.63) is 71.2 Å². The molecule has 0 aliphatic heterocycles. The van der Waals surface area contributed by atoms with Crippen molar-refractivity contribution in [2.24, 2.45) is 0 Å². The van der Waals surface area contributed by atoms with Gasteiger partial charge >= 0.3 is 0 Å². The quantitative estimate of drug-likeness (QED) is 0.518. The minimum absolute atomic E-state index is 0.480. The van der Waals surface area contributed by atoms with Gasteiger partial charge in [0.05, 0.1) is 0 Å². The number of benzene rings is 3. The van der Waals surface area contributed by atoms with Gasteiger partial charge in [-0.2, -0.15) is 0 Å². The molecule has 3 rings (SSSR count). The van der Waals surface area contributed by atoms with Crippen LogP contribution in [-0.4, -0.2) is 0 Å². The second kappa shape index (κ2) is 5.30. The van der Waals surface area contributed by atoms with Crippen molar-refractivity contribution in [1.29, 1.82) is 0 Å². The molecule has 0 atom stereocenters. The Morgan fingerprint density at radius 3 is 2.30 bits per heavy atom. The molecule has 100 valence electrons. The van der Waals surface area contributed by atoms with Gasteiger partial charge in [0.15, 0.2) is 0 Å². The minimum atomic E-state index is 0.480. The summed E-state index contributed by atoms with van der Waals surface area (Å²) in [7, 11) is 0. The zero-order valence-electron chi connectivity index (χ0n) is 11.7. The second-order valence-corrected chi connectivity index (χ2v) is 5.88. The number of fused-ring (bicyclic) bond motifs is 1. The molecule has 0 aromatic heterocycles. The summed E-state index contributed by atoms with van der Waals surface area (Å²) in [6, 6.07) is 21.2. The van der Waals surface area contributed by atoms with Crippen LogP contribution >= 0.6 is 11.6 Å². The second-order valence-electron chi connectivity index (χ2n) is 5.45. The van der Waals surface area contributed by atoms with Gasteiger partial charge in [0.2, 0.25) is 0 Å².